The molecule has 0 aliphatic carbocycles. The van der Waals surface area contributed by atoms with Gasteiger partial charge in [-0.25, -0.2) is 4.79 Å². The predicted octanol–water partition coefficient (Wildman–Crippen LogP) is 0.340. The van der Waals surface area contributed by atoms with E-state index in [0.717, 1.165) is 0 Å². The van der Waals surface area contributed by atoms with Crippen LogP contribution in [0.3, 0.4) is 0 Å². The Bertz CT molecular complexity index is 117. The first kappa shape index (κ1) is 10.2. The molecule has 11 heavy (non-hydrogen) atoms. The summed E-state index contributed by atoms with van der Waals surface area (Å²) in [7, 11) is 1.84. The number of alkyl carbamates (subject to hydrolysis) is 1. The van der Waals surface area contributed by atoms with Gasteiger partial charge in [0.1, 0.15) is 0 Å². The molecule has 0 heterocycles. The summed E-state index contributed by atoms with van der Waals surface area (Å²) in [5.74, 6) is 0. The molecule has 1 unspecified atom stereocenters. The van der Waals surface area contributed by atoms with Crippen molar-refractivity contribution in [2.75, 3.05) is 20.2 Å². The molecule has 0 aliphatic rings. The molecular weight excluding hydrogens is 144 g/mol. The minimum atomic E-state index is -0.352. The van der Waals surface area contributed by atoms with Gasteiger partial charge >= 0.3 is 6.09 Å². The summed E-state index contributed by atoms with van der Waals surface area (Å²) >= 11 is 0. The van der Waals surface area contributed by atoms with Gasteiger partial charge in [0.15, 0.2) is 0 Å². The lowest BCUT2D eigenvalue weighted by molar-refractivity contribution is 0.151. The molecule has 0 rings (SSSR count). The molecule has 66 valence electrons. The van der Waals surface area contributed by atoms with Gasteiger partial charge in [0, 0.05) is 12.6 Å². The second-order valence-electron chi connectivity index (χ2n) is 2.29. The van der Waals surface area contributed by atoms with Crippen molar-refractivity contribution in [1.29, 1.82) is 0 Å². The predicted molar refractivity (Wildman–Crippen MR) is 43.5 cm³/mol. The summed E-state index contributed by atoms with van der Waals surface area (Å²) in [4.78, 5) is 10.7. The van der Waals surface area contributed by atoms with Crippen LogP contribution in [0.25, 0.3) is 0 Å². The van der Waals surface area contributed by atoms with Crippen LogP contribution in [-0.4, -0.2) is 32.3 Å². The summed E-state index contributed by atoms with van der Waals surface area (Å²) in [6.07, 6.45) is -0.352. The molecule has 0 aliphatic heterocycles. The van der Waals surface area contributed by atoms with Crippen molar-refractivity contribution in [1.82, 2.24) is 10.6 Å². The molecule has 0 bridgehead atoms. The van der Waals surface area contributed by atoms with Gasteiger partial charge in [0.05, 0.1) is 6.61 Å². The smallest absolute Gasteiger partial charge is 0.407 e. The molecule has 0 aromatic carbocycles. The van der Waals surface area contributed by atoms with E-state index in [9.17, 15) is 4.79 Å². The fourth-order valence-electron chi connectivity index (χ4n) is 0.521. The number of amides is 1. The van der Waals surface area contributed by atoms with Gasteiger partial charge < -0.3 is 15.4 Å². The zero-order chi connectivity index (χ0) is 8.69. The zero-order valence-electron chi connectivity index (χ0n) is 7.31. The van der Waals surface area contributed by atoms with E-state index in [0.29, 0.717) is 13.2 Å². The third-order valence-electron chi connectivity index (χ3n) is 1.32. The van der Waals surface area contributed by atoms with Gasteiger partial charge in [-0.3, -0.25) is 0 Å². The lowest BCUT2D eigenvalue weighted by atomic mass is 10.3. The third kappa shape index (κ3) is 5.66. The number of hydrogen-bond acceptors (Lipinski definition) is 3. The SMILES string of the molecule is CCOC(=O)NCC(C)NC. The normalized spacial score (nSPS) is 12.3. The molecule has 0 radical (unpaired) electrons. The highest BCUT2D eigenvalue weighted by molar-refractivity contribution is 5.67. The molecule has 4 nitrogen and oxygen atoms in total. The largest absolute Gasteiger partial charge is 0.450 e. The Morgan fingerprint density at radius 3 is 2.73 bits per heavy atom. The number of likely N-dealkylation sites (N-methyl/N-ethyl adjacent to an activating group) is 1. The molecule has 0 saturated carbocycles. The molecule has 0 aromatic heterocycles. The maximum Gasteiger partial charge on any atom is 0.407 e. The van der Waals surface area contributed by atoms with Crippen LogP contribution in [0.2, 0.25) is 0 Å². The molecule has 0 spiro atoms. The summed E-state index contributed by atoms with van der Waals surface area (Å²) < 4.78 is 4.66. The van der Waals surface area contributed by atoms with Crippen molar-refractivity contribution in [3.8, 4) is 0 Å². The molecule has 0 saturated heterocycles. The fraction of sp³-hybridized carbons (Fsp3) is 0.857. The number of carbonyl (C=O) groups is 1. The molecular formula is C7H16N2O2. The van der Waals surface area contributed by atoms with E-state index in [2.05, 4.69) is 15.4 Å². The van der Waals surface area contributed by atoms with E-state index in [1.807, 2.05) is 14.0 Å². The number of carbonyl (C=O) groups excluding carboxylic acids is 1. The highest BCUT2D eigenvalue weighted by Gasteiger charge is 2.01. The minimum absolute atomic E-state index is 0.277. The van der Waals surface area contributed by atoms with Crippen LogP contribution in [0.5, 0.6) is 0 Å². The van der Waals surface area contributed by atoms with Crippen molar-refractivity contribution in [2.24, 2.45) is 0 Å². The standard InChI is InChI=1S/C7H16N2O2/c1-4-11-7(10)9-5-6(2)8-3/h6,8H,4-5H2,1-3H3,(H,9,10). The Labute approximate surface area is 67.3 Å². The Morgan fingerprint density at radius 2 is 2.27 bits per heavy atom. The highest BCUT2D eigenvalue weighted by atomic mass is 16.5. The van der Waals surface area contributed by atoms with Gasteiger partial charge in [0.25, 0.3) is 0 Å². The van der Waals surface area contributed by atoms with Crippen molar-refractivity contribution < 1.29 is 9.53 Å². The van der Waals surface area contributed by atoms with E-state index < -0.39 is 0 Å². The average molecular weight is 160 g/mol. The van der Waals surface area contributed by atoms with E-state index in [1.54, 1.807) is 6.92 Å². The first-order valence-corrected chi connectivity index (χ1v) is 3.78. The van der Waals surface area contributed by atoms with Crippen LogP contribution in [0.15, 0.2) is 0 Å². The van der Waals surface area contributed by atoms with Crippen molar-refractivity contribution in [3.05, 3.63) is 0 Å². The van der Waals surface area contributed by atoms with Crippen LogP contribution >= 0.6 is 0 Å². The van der Waals surface area contributed by atoms with E-state index in [4.69, 9.17) is 0 Å². The second kappa shape index (κ2) is 5.97. The molecule has 2 N–H and O–H groups in total. The zero-order valence-corrected chi connectivity index (χ0v) is 7.31. The first-order chi connectivity index (χ1) is 5.20. The topological polar surface area (TPSA) is 50.4 Å². The van der Waals surface area contributed by atoms with Gasteiger partial charge in [-0.15, -0.1) is 0 Å². The van der Waals surface area contributed by atoms with E-state index >= 15 is 0 Å². The van der Waals surface area contributed by atoms with Gasteiger partial charge in [0.2, 0.25) is 0 Å². The van der Waals surface area contributed by atoms with Crippen LogP contribution in [0.4, 0.5) is 4.79 Å². The van der Waals surface area contributed by atoms with Gasteiger partial charge in [-0.1, -0.05) is 0 Å². The van der Waals surface area contributed by atoms with Gasteiger partial charge in [-0.05, 0) is 20.9 Å². The summed E-state index contributed by atoms with van der Waals surface area (Å²) in [6.45, 7) is 4.77. The molecule has 1 amide bonds. The highest BCUT2D eigenvalue weighted by Crippen LogP contribution is 1.79. The quantitative estimate of drug-likeness (QED) is 0.623. The number of ether oxygens (including phenoxy) is 1. The van der Waals surface area contributed by atoms with Crippen LogP contribution in [0, 0.1) is 0 Å². The minimum Gasteiger partial charge on any atom is -0.450 e. The molecule has 0 aromatic rings. The maximum atomic E-state index is 10.7. The van der Waals surface area contributed by atoms with Crippen LogP contribution < -0.4 is 10.6 Å². The average Bonchev–Trinajstić information content (AvgIpc) is 2.01. The Hall–Kier alpha value is -0.770. The van der Waals surface area contributed by atoms with Crippen molar-refractivity contribution in [2.45, 2.75) is 19.9 Å². The van der Waals surface area contributed by atoms with Gasteiger partial charge in [-0.2, -0.15) is 0 Å². The molecule has 0 fully saturated rings. The van der Waals surface area contributed by atoms with E-state index in [1.165, 1.54) is 0 Å². The lowest BCUT2D eigenvalue weighted by Gasteiger charge is -2.10. The number of nitrogens with one attached hydrogen (secondary N) is 2. The molecule has 1 atom stereocenters. The van der Waals surface area contributed by atoms with Crippen LogP contribution in [-0.2, 0) is 4.74 Å². The summed E-state index contributed by atoms with van der Waals surface area (Å²) in [5, 5.41) is 5.60. The summed E-state index contributed by atoms with van der Waals surface area (Å²) in [6, 6.07) is 0.277. The maximum absolute atomic E-state index is 10.7. The Morgan fingerprint density at radius 1 is 1.64 bits per heavy atom. The molecule has 4 heteroatoms. The van der Waals surface area contributed by atoms with E-state index in [-0.39, 0.29) is 12.1 Å². The monoisotopic (exact) mass is 160 g/mol. The Kier molecular flexibility index (Phi) is 5.56. The second-order valence-corrected chi connectivity index (χ2v) is 2.29. The third-order valence-corrected chi connectivity index (χ3v) is 1.32. The fourth-order valence-corrected chi connectivity index (χ4v) is 0.521. The lowest BCUT2D eigenvalue weighted by Crippen LogP contribution is -2.37. The first-order valence-electron chi connectivity index (χ1n) is 3.78. The Balaban J connectivity index is 3.30. The van der Waals surface area contributed by atoms with Crippen molar-refractivity contribution >= 4 is 6.09 Å². The number of rotatable bonds is 4. The summed E-state index contributed by atoms with van der Waals surface area (Å²) in [5.41, 5.74) is 0. The number of hydrogen-bond donors (Lipinski definition) is 2. The van der Waals surface area contributed by atoms with Crippen molar-refractivity contribution in [3.63, 3.8) is 0 Å². The van der Waals surface area contributed by atoms with Crippen LogP contribution in [0.1, 0.15) is 13.8 Å².